The minimum atomic E-state index is 0.358. The van der Waals surface area contributed by atoms with Crippen LogP contribution in [0.15, 0.2) is 4.99 Å². The average molecular weight is 421 g/mol. The fourth-order valence-corrected chi connectivity index (χ4v) is 5.65. The maximum absolute atomic E-state index is 4.51. The van der Waals surface area contributed by atoms with Gasteiger partial charge in [-0.1, -0.05) is 32.6 Å². The summed E-state index contributed by atoms with van der Waals surface area (Å²) in [6, 6.07) is 0. The lowest BCUT2D eigenvalue weighted by Gasteiger charge is -2.48. The van der Waals surface area contributed by atoms with Gasteiger partial charge in [-0.2, -0.15) is 0 Å². The molecule has 2 N–H and O–H groups in total. The summed E-state index contributed by atoms with van der Waals surface area (Å²) in [6.07, 6.45) is 13.5. The Labute approximate surface area is 185 Å². The van der Waals surface area contributed by atoms with Crippen LogP contribution in [0.2, 0.25) is 0 Å². The molecule has 2 aliphatic heterocycles. The van der Waals surface area contributed by atoms with E-state index >= 15 is 0 Å². The van der Waals surface area contributed by atoms with Crippen LogP contribution in [-0.4, -0.2) is 98.7 Å². The number of nitrogens with zero attached hydrogens (tertiary/aromatic N) is 4. The van der Waals surface area contributed by atoms with Gasteiger partial charge in [-0.05, 0) is 64.7 Å². The molecule has 1 aliphatic carbocycles. The van der Waals surface area contributed by atoms with Gasteiger partial charge in [0, 0.05) is 51.9 Å². The Bertz CT molecular complexity index is 488. The molecule has 3 aliphatic rings. The number of aliphatic imine (C=N–C) groups is 1. The minimum Gasteiger partial charge on any atom is -0.356 e. The van der Waals surface area contributed by atoms with Crippen molar-refractivity contribution in [1.82, 2.24) is 25.3 Å². The van der Waals surface area contributed by atoms with Crippen LogP contribution in [0.5, 0.6) is 0 Å². The second kappa shape index (κ2) is 12.9. The molecule has 174 valence electrons. The highest BCUT2D eigenvalue weighted by atomic mass is 15.3. The third kappa shape index (κ3) is 7.10. The van der Waals surface area contributed by atoms with E-state index in [1.165, 1.54) is 117 Å². The Balaban J connectivity index is 1.34. The summed E-state index contributed by atoms with van der Waals surface area (Å²) in [6.45, 7) is 14.3. The summed E-state index contributed by atoms with van der Waals surface area (Å²) >= 11 is 0. The topological polar surface area (TPSA) is 46.1 Å². The van der Waals surface area contributed by atoms with Crippen molar-refractivity contribution in [3.05, 3.63) is 0 Å². The van der Waals surface area contributed by atoms with Crippen molar-refractivity contribution >= 4 is 5.96 Å². The summed E-state index contributed by atoms with van der Waals surface area (Å²) in [4.78, 5) is 12.5. The van der Waals surface area contributed by atoms with Crippen molar-refractivity contribution in [3.8, 4) is 0 Å². The van der Waals surface area contributed by atoms with Gasteiger partial charge < -0.3 is 20.4 Å². The second-order valence-corrected chi connectivity index (χ2v) is 9.67. The molecule has 0 aromatic heterocycles. The van der Waals surface area contributed by atoms with E-state index in [2.05, 4.69) is 37.2 Å². The molecule has 3 fully saturated rings. The zero-order chi connectivity index (χ0) is 21.1. The van der Waals surface area contributed by atoms with Crippen LogP contribution in [0, 0.1) is 0 Å². The van der Waals surface area contributed by atoms with Crippen LogP contribution in [0.1, 0.15) is 71.1 Å². The van der Waals surface area contributed by atoms with E-state index in [-0.39, 0.29) is 0 Å². The van der Waals surface area contributed by atoms with E-state index in [1.807, 2.05) is 7.05 Å². The molecule has 30 heavy (non-hydrogen) atoms. The molecule has 6 nitrogen and oxygen atoms in total. The zero-order valence-corrected chi connectivity index (χ0v) is 19.9. The van der Waals surface area contributed by atoms with E-state index in [4.69, 9.17) is 0 Å². The summed E-state index contributed by atoms with van der Waals surface area (Å²) in [5.41, 5.74) is 0.358. The number of likely N-dealkylation sites (tertiary alicyclic amines) is 1. The standard InChI is InChI=1S/C24H48N6/c1-3-28-18-20-29(21-19-28)15-11-8-14-26-23(25-2)27-22-24(12-6-4-7-13-24)30-16-9-5-10-17-30/h3-22H2,1-2H3,(H2,25,26,27). The number of nitrogens with one attached hydrogen (secondary N) is 2. The van der Waals surface area contributed by atoms with E-state index in [1.54, 1.807) is 0 Å². The first kappa shape index (κ1) is 23.8. The second-order valence-electron chi connectivity index (χ2n) is 9.67. The molecular formula is C24H48N6. The molecule has 0 atom stereocenters. The molecule has 6 heteroatoms. The molecule has 0 radical (unpaired) electrons. The largest absolute Gasteiger partial charge is 0.356 e. The predicted octanol–water partition coefficient (Wildman–Crippen LogP) is 2.76. The maximum Gasteiger partial charge on any atom is 0.191 e. The van der Waals surface area contributed by atoms with E-state index in [9.17, 15) is 0 Å². The van der Waals surface area contributed by atoms with Gasteiger partial charge in [0.2, 0.25) is 0 Å². The normalized spacial score (nSPS) is 24.7. The molecule has 1 saturated carbocycles. The minimum absolute atomic E-state index is 0.358. The van der Waals surface area contributed by atoms with Crippen molar-refractivity contribution in [2.24, 2.45) is 4.99 Å². The molecule has 2 heterocycles. The molecule has 0 aromatic rings. The van der Waals surface area contributed by atoms with E-state index in [0.717, 1.165) is 19.0 Å². The molecule has 0 bridgehead atoms. The lowest BCUT2D eigenvalue weighted by Crippen LogP contribution is -2.59. The van der Waals surface area contributed by atoms with Gasteiger partial charge in [-0.3, -0.25) is 9.89 Å². The van der Waals surface area contributed by atoms with Crippen molar-refractivity contribution in [1.29, 1.82) is 0 Å². The third-order valence-corrected chi connectivity index (χ3v) is 7.73. The van der Waals surface area contributed by atoms with Crippen LogP contribution >= 0.6 is 0 Å². The highest BCUT2D eigenvalue weighted by Crippen LogP contribution is 2.35. The number of rotatable bonds is 9. The van der Waals surface area contributed by atoms with Gasteiger partial charge in [-0.25, -0.2) is 0 Å². The smallest absolute Gasteiger partial charge is 0.191 e. The summed E-state index contributed by atoms with van der Waals surface area (Å²) < 4.78 is 0. The first-order chi connectivity index (χ1) is 14.8. The molecule has 0 aromatic carbocycles. The Morgan fingerprint density at radius 1 is 0.800 bits per heavy atom. The van der Waals surface area contributed by atoms with Crippen LogP contribution < -0.4 is 10.6 Å². The average Bonchev–Trinajstić information content (AvgIpc) is 2.82. The summed E-state index contributed by atoms with van der Waals surface area (Å²) in [7, 11) is 1.91. The molecule has 0 spiro atoms. The number of unbranched alkanes of at least 4 members (excludes halogenated alkanes) is 1. The summed E-state index contributed by atoms with van der Waals surface area (Å²) in [5.74, 6) is 0.994. The van der Waals surface area contributed by atoms with Crippen LogP contribution in [0.4, 0.5) is 0 Å². The van der Waals surface area contributed by atoms with Crippen molar-refractivity contribution in [2.45, 2.75) is 76.7 Å². The summed E-state index contributed by atoms with van der Waals surface area (Å²) in [5, 5.41) is 7.29. The van der Waals surface area contributed by atoms with E-state index < -0.39 is 0 Å². The number of piperazine rings is 1. The highest BCUT2D eigenvalue weighted by Gasteiger charge is 2.38. The molecule has 0 amide bonds. The highest BCUT2D eigenvalue weighted by molar-refractivity contribution is 5.79. The van der Waals surface area contributed by atoms with E-state index in [0.29, 0.717) is 5.54 Å². The van der Waals surface area contributed by atoms with Crippen molar-refractivity contribution in [2.75, 3.05) is 72.5 Å². The molecule has 3 rings (SSSR count). The van der Waals surface area contributed by atoms with Gasteiger partial charge in [-0.15, -0.1) is 0 Å². The molecule has 0 unspecified atom stereocenters. The zero-order valence-electron chi connectivity index (χ0n) is 19.9. The van der Waals surface area contributed by atoms with Crippen molar-refractivity contribution in [3.63, 3.8) is 0 Å². The van der Waals surface area contributed by atoms with Gasteiger partial charge >= 0.3 is 0 Å². The molecule has 2 saturated heterocycles. The van der Waals surface area contributed by atoms with Crippen LogP contribution in [0.25, 0.3) is 0 Å². The monoisotopic (exact) mass is 420 g/mol. The Hall–Kier alpha value is -0.850. The fraction of sp³-hybridized carbons (Fsp3) is 0.958. The van der Waals surface area contributed by atoms with Gasteiger partial charge in [0.25, 0.3) is 0 Å². The Morgan fingerprint density at radius 2 is 1.47 bits per heavy atom. The lowest BCUT2D eigenvalue weighted by molar-refractivity contribution is 0.0368. The first-order valence-corrected chi connectivity index (χ1v) is 12.9. The number of likely N-dealkylation sites (N-methyl/N-ethyl adjacent to an activating group) is 1. The predicted molar refractivity (Wildman–Crippen MR) is 128 cm³/mol. The van der Waals surface area contributed by atoms with Crippen LogP contribution in [-0.2, 0) is 0 Å². The van der Waals surface area contributed by atoms with Gasteiger partial charge in [0.05, 0.1) is 0 Å². The van der Waals surface area contributed by atoms with Gasteiger partial charge in [0.1, 0.15) is 0 Å². The Morgan fingerprint density at radius 3 is 2.13 bits per heavy atom. The van der Waals surface area contributed by atoms with Crippen molar-refractivity contribution < 1.29 is 0 Å². The number of guanidine groups is 1. The number of hydrogen-bond acceptors (Lipinski definition) is 4. The quantitative estimate of drug-likeness (QED) is 0.341. The number of piperidine rings is 1. The maximum atomic E-state index is 4.51. The molecular weight excluding hydrogens is 372 g/mol. The van der Waals surface area contributed by atoms with Gasteiger partial charge in [0.15, 0.2) is 5.96 Å². The SMILES string of the molecule is CCN1CCN(CCCCNC(=NC)NCC2(N3CCCCC3)CCCCC2)CC1. The first-order valence-electron chi connectivity index (χ1n) is 12.9. The fourth-order valence-electron chi connectivity index (χ4n) is 5.65. The number of hydrogen-bond donors (Lipinski definition) is 2. The third-order valence-electron chi connectivity index (χ3n) is 7.73. The lowest BCUT2D eigenvalue weighted by atomic mass is 9.79. The Kier molecular flexibility index (Phi) is 10.2. The van der Waals surface area contributed by atoms with Crippen LogP contribution in [0.3, 0.4) is 0 Å².